The van der Waals surface area contributed by atoms with Crippen molar-refractivity contribution < 1.29 is 24.9 Å². The maximum absolute atomic E-state index is 12.3. The van der Waals surface area contributed by atoms with E-state index < -0.39 is 12.1 Å². The molecule has 1 amide bonds. The highest BCUT2D eigenvalue weighted by molar-refractivity contribution is 5.99. The second kappa shape index (κ2) is 14.7. The Labute approximate surface area is 191 Å². The zero-order valence-corrected chi connectivity index (χ0v) is 18.8. The number of amides is 1. The minimum atomic E-state index is -0.592. The van der Waals surface area contributed by atoms with Crippen LogP contribution in [0, 0.1) is 0 Å². The Morgan fingerprint density at radius 1 is 1.00 bits per heavy atom. The van der Waals surface area contributed by atoms with Crippen molar-refractivity contribution in [3.63, 3.8) is 0 Å². The van der Waals surface area contributed by atoms with E-state index in [1.807, 2.05) is 30.4 Å². The molecule has 1 aromatic carbocycles. The zero-order chi connectivity index (χ0) is 23.2. The molecule has 6 nitrogen and oxygen atoms in total. The fraction of sp³-hybridized carbons (Fsp3) is 0.538. The van der Waals surface area contributed by atoms with E-state index >= 15 is 0 Å². The van der Waals surface area contributed by atoms with Gasteiger partial charge in [-0.15, -0.1) is 0 Å². The number of hydrogen-bond acceptors (Lipinski definition) is 5. The SMILES string of the molecule is O=C(CCCCCCC1=C(/C=C/[C@@H](O)CCc2ccccc2)CCC1=O)NC(CO)CO. The van der Waals surface area contributed by atoms with Crippen LogP contribution in [0.4, 0.5) is 0 Å². The lowest BCUT2D eigenvalue weighted by Gasteiger charge is -2.13. The van der Waals surface area contributed by atoms with E-state index in [0.717, 1.165) is 56.1 Å². The minimum absolute atomic E-state index is 0.162. The molecule has 6 heteroatoms. The third-order valence-corrected chi connectivity index (χ3v) is 5.82. The molecule has 2 rings (SSSR count). The van der Waals surface area contributed by atoms with Crippen LogP contribution in [-0.4, -0.2) is 52.4 Å². The van der Waals surface area contributed by atoms with Gasteiger partial charge in [-0.2, -0.15) is 0 Å². The number of ketones is 1. The van der Waals surface area contributed by atoms with Crippen LogP contribution in [0.25, 0.3) is 0 Å². The van der Waals surface area contributed by atoms with Crippen molar-refractivity contribution in [3.8, 4) is 0 Å². The summed E-state index contributed by atoms with van der Waals surface area (Å²) in [5.41, 5.74) is 3.14. The van der Waals surface area contributed by atoms with Gasteiger partial charge in [0, 0.05) is 12.8 Å². The number of nitrogens with one attached hydrogen (secondary N) is 1. The number of carbonyl (C=O) groups excluding carboxylic acids is 2. The predicted octanol–water partition coefficient (Wildman–Crippen LogP) is 3.01. The number of aryl methyl sites for hydroxylation is 1. The molecule has 1 aliphatic carbocycles. The van der Waals surface area contributed by atoms with E-state index in [1.165, 1.54) is 5.56 Å². The molecule has 1 aliphatic rings. The van der Waals surface area contributed by atoms with Crippen LogP contribution in [0.2, 0.25) is 0 Å². The highest BCUT2D eigenvalue weighted by Crippen LogP contribution is 2.28. The van der Waals surface area contributed by atoms with Gasteiger partial charge in [0.2, 0.25) is 5.91 Å². The van der Waals surface area contributed by atoms with Gasteiger partial charge < -0.3 is 20.6 Å². The summed E-state index contributed by atoms with van der Waals surface area (Å²) in [5, 5.41) is 30.8. The van der Waals surface area contributed by atoms with Gasteiger partial charge in [0.1, 0.15) is 0 Å². The Balaban J connectivity index is 1.69. The van der Waals surface area contributed by atoms with Crippen LogP contribution in [0.15, 0.2) is 53.6 Å². The van der Waals surface area contributed by atoms with E-state index in [1.54, 1.807) is 0 Å². The molecule has 0 radical (unpaired) electrons. The summed E-state index contributed by atoms with van der Waals surface area (Å²) in [4.78, 5) is 24.0. The standard InChI is InChI=1S/C26H37NO5/c28-18-22(19-29)27-26(32)11-7-2-1-6-10-24-21(14-17-25(24)31)13-16-23(30)15-12-20-8-4-3-5-9-20/h3-5,8-9,13,16,22-23,28-30H,1-2,6-7,10-12,14-15,17-19H2,(H,27,32)/b16-13+/t23-/m0/s1. The largest absolute Gasteiger partial charge is 0.394 e. The molecule has 0 aliphatic heterocycles. The zero-order valence-electron chi connectivity index (χ0n) is 18.8. The van der Waals surface area contributed by atoms with Gasteiger partial charge in [-0.25, -0.2) is 0 Å². The lowest BCUT2D eigenvalue weighted by atomic mass is 10.0. The van der Waals surface area contributed by atoms with E-state index in [4.69, 9.17) is 10.2 Å². The van der Waals surface area contributed by atoms with Crippen LogP contribution in [0.3, 0.4) is 0 Å². The number of hydrogen-bond donors (Lipinski definition) is 4. The second-order valence-electron chi connectivity index (χ2n) is 8.42. The maximum atomic E-state index is 12.3. The summed E-state index contributed by atoms with van der Waals surface area (Å²) in [6.45, 7) is -0.543. The number of benzene rings is 1. The lowest BCUT2D eigenvalue weighted by molar-refractivity contribution is -0.122. The molecule has 176 valence electrons. The molecular formula is C26H37NO5. The molecule has 0 heterocycles. The summed E-state index contributed by atoms with van der Waals surface area (Å²) >= 11 is 0. The van der Waals surface area contributed by atoms with Gasteiger partial charge >= 0.3 is 0 Å². The third-order valence-electron chi connectivity index (χ3n) is 5.82. The first-order valence-electron chi connectivity index (χ1n) is 11.7. The molecule has 0 saturated carbocycles. The average Bonchev–Trinajstić information content (AvgIpc) is 3.16. The minimum Gasteiger partial charge on any atom is -0.394 e. The highest BCUT2D eigenvalue weighted by Gasteiger charge is 2.20. The monoisotopic (exact) mass is 443 g/mol. The summed E-state index contributed by atoms with van der Waals surface area (Å²) in [6, 6.07) is 9.49. The first kappa shape index (κ1) is 26.0. The molecule has 32 heavy (non-hydrogen) atoms. The number of Topliss-reactive ketones (excluding diaryl/α,β-unsaturated/α-hetero) is 1. The van der Waals surface area contributed by atoms with Crippen LogP contribution in [0.1, 0.15) is 63.4 Å². The number of allylic oxidation sites excluding steroid dienone is 3. The van der Waals surface area contributed by atoms with Gasteiger partial charge in [0.25, 0.3) is 0 Å². The number of carbonyl (C=O) groups is 2. The van der Waals surface area contributed by atoms with Gasteiger partial charge in [0.05, 0.1) is 25.4 Å². The maximum Gasteiger partial charge on any atom is 0.220 e. The molecule has 0 aromatic heterocycles. The van der Waals surface area contributed by atoms with Crippen molar-refractivity contribution >= 4 is 11.7 Å². The molecule has 0 saturated heterocycles. The molecular weight excluding hydrogens is 406 g/mol. The van der Waals surface area contributed by atoms with E-state index in [0.29, 0.717) is 19.3 Å². The van der Waals surface area contributed by atoms with Gasteiger partial charge in [-0.05, 0) is 55.2 Å². The Kier molecular flexibility index (Phi) is 11.9. The van der Waals surface area contributed by atoms with Gasteiger partial charge in [0.15, 0.2) is 5.78 Å². The predicted molar refractivity (Wildman–Crippen MR) is 125 cm³/mol. The molecule has 0 bridgehead atoms. The molecule has 1 atom stereocenters. The normalized spacial score (nSPS) is 15.2. The first-order valence-corrected chi connectivity index (χ1v) is 11.7. The fourth-order valence-electron chi connectivity index (χ4n) is 3.89. The van der Waals surface area contributed by atoms with E-state index in [2.05, 4.69) is 17.4 Å². The van der Waals surface area contributed by atoms with Crippen LogP contribution in [-0.2, 0) is 16.0 Å². The molecule has 0 spiro atoms. The van der Waals surface area contributed by atoms with E-state index in [9.17, 15) is 14.7 Å². The second-order valence-corrected chi connectivity index (χ2v) is 8.42. The number of aliphatic hydroxyl groups is 3. The summed E-state index contributed by atoms with van der Waals surface area (Å²) < 4.78 is 0. The van der Waals surface area contributed by atoms with Crippen LogP contribution in [0.5, 0.6) is 0 Å². The quantitative estimate of drug-likeness (QED) is 0.312. The molecule has 0 unspecified atom stereocenters. The van der Waals surface area contributed by atoms with Crippen molar-refractivity contribution in [3.05, 3.63) is 59.2 Å². The number of rotatable bonds is 15. The summed E-state index contributed by atoms with van der Waals surface area (Å²) in [7, 11) is 0. The van der Waals surface area contributed by atoms with Crippen molar-refractivity contribution in [1.29, 1.82) is 0 Å². The Hall–Kier alpha value is -2.28. The molecule has 0 fully saturated rings. The number of unbranched alkanes of at least 4 members (excludes halogenated alkanes) is 3. The average molecular weight is 444 g/mol. The van der Waals surface area contributed by atoms with Crippen molar-refractivity contribution in [1.82, 2.24) is 5.32 Å². The lowest BCUT2D eigenvalue weighted by Crippen LogP contribution is -2.39. The fourth-order valence-corrected chi connectivity index (χ4v) is 3.89. The molecule has 1 aromatic rings. The smallest absolute Gasteiger partial charge is 0.220 e. The van der Waals surface area contributed by atoms with E-state index in [-0.39, 0.29) is 24.9 Å². The Morgan fingerprint density at radius 3 is 2.44 bits per heavy atom. The van der Waals surface area contributed by atoms with Crippen molar-refractivity contribution in [2.24, 2.45) is 0 Å². The van der Waals surface area contributed by atoms with Gasteiger partial charge in [-0.1, -0.05) is 55.3 Å². The summed E-state index contributed by atoms with van der Waals surface area (Å²) in [6.07, 6.45) is 10.5. The van der Waals surface area contributed by atoms with Crippen LogP contribution >= 0.6 is 0 Å². The highest BCUT2D eigenvalue weighted by atomic mass is 16.3. The number of aliphatic hydroxyl groups excluding tert-OH is 3. The summed E-state index contributed by atoms with van der Waals surface area (Å²) in [5.74, 6) is 0.0480. The Bertz CT molecular complexity index is 768. The van der Waals surface area contributed by atoms with Crippen LogP contribution < -0.4 is 5.32 Å². The van der Waals surface area contributed by atoms with Crippen molar-refractivity contribution in [2.75, 3.05) is 13.2 Å². The first-order chi connectivity index (χ1) is 15.5. The Morgan fingerprint density at radius 2 is 1.72 bits per heavy atom. The van der Waals surface area contributed by atoms with Gasteiger partial charge in [-0.3, -0.25) is 9.59 Å². The molecule has 4 N–H and O–H groups in total. The van der Waals surface area contributed by atoms with Crippen molar-refractivity contribution in [2.45, 2.75) is 76.4 Å². The topological polar surface area (TPSA) is 107 Å². The third kappa shape index (κ3) is 9.47.